The van der Waals surface area contributed by atoms with E-state index < -0.39 is 12.8 Å². The second-order valence-electron chi connectivity index (χ2n) is 5.85. The van der Waals surface area contributed by atoms with E-state index in [0.717, 1.165) is 23.4 Å². The van der Waals surface area contributed by atoms with Crippen molar-refractivity contribution in [1.29, 1.82) is 0 Å². The van der Waals surface area contributed by atoms with Gasteiger partial charge in [0.2, 0.25) is 5.88 Å². The molecule has 29 heavy (non-hydrogen) atoms. The molecule has 2 rings (SSSR count). The maximum Gasteiger partial charge on any atom is 0.422 e. The van der Waals surface area contributed by atoms with Crippen LogP contribution >= 0.6 is 35.3 Å². The van der Waals surface area contributed by atoms with E-state index in [4.69, 9.17) is 0 Å². The molecule has 0 saturated heterocycles. The number of aliphatic imine (C=N–C) groups is 1. The van der Waals surface area contributed by atoms with E-state index in [2.05, 4.69) is 37.3 Å². The molecular formula is C18H25F3IN5OS. The summed E-state index contributed by atoms with van der Waals surface area (Å²) in [6.45, 7) is 4.48. The standard InChI is InChI=1S/C18H24F3N5OS.HI/c1-3-14-11-25-16(28-14)7-8-23-17(22-4-2)26-10-13-5-6-15(24-9-13)27-12-18(19,20)21;/h5-6,9,11H,3-4,7-8,10,12H2,1-2H3,(H2,22,23,26);1H. The van der Waals surface area contributed by atoms with E-state index in [1.54, 1.807) is 17.4 Å². The van der Waals surface area contributed by atoms with Crippen molar-refractivity contribution in [3.63, 3.8) is 0 Å². The molecular weight excluding hydrogens is 518 g/mol. The fourth-order valence-electron chi connectivity index (χ4n) is 2.17. The van der Waals surface area contributed by atoms with Gasteiger partial charge < -0.3 is 15.4 Å². The van der Waals surface area contributed by atoms with Gasteiger partial charge in [0.15, 0.2) is 12.6 Å². The third-order valence-corrected chi connectivity index (χ3v) is 4.73. The number of aromatic nitrogens is 2. The summed E-state index contributed by atoms with van der Waals surface area (Å²) in [6, 6.07) is 3.05. The summed E-state index contributed by atoms with van der Waals surface area (Å²) in [5.41, 5.74) is 0.768. The van der Waals surface area contributed by atoms with E-state index in [1.807, 2.05) is 13.1 Å². The lowest BCUT2D eigenvalue weighted by Gasteiger charge is -2.11. The number of hydrogen-bond donors (Lipinski definition) is 2. The van der Waals surface area contributed by atoms with Gasteiger partial charge in [-0.25, -0.2) is 15.0 Å². The number of rotatable bonds is 9. The van der Waals surface area contributed by atoms with Gasteiger partial charge in [0.25, 0.3) is 0 Å². The predicted molar refractivity (Wildman–Crippen MR) is 119 cm³/mol. The van der Waals surface area contributed by atoms with E-state index in [0.29, 0.717) is 25.6 Å². The summed E-state index contributed by atoms with van der Waals surface area (Å²) in [5, 5.41) is 7.49. The summed E-state index contributed by atoms with van der Waals surface area (Å²) in [7, 11) is 0. The number of alkyl halides is 3. The fourth-order valence-corrected chi connectivity index (χ4v) is 3.03. The Morgan fingerprint density at radius 2 is 1.97 bits per heavy atom. The molecule has 0 amide bonds. The minimum Gasteiger partial charge on any atom is -0.468 e. The molecule has 0 unspecified atom stereocenters. The van der Waals surface area contributed by atoms with Crippen LogP contribution in [0, 0.1) is 0 Å². The molecule has 0 saturated carbocycles. The van der Waals surface area contributed by atoms with Gasteiger partial charge in [-0.2, -0.15) is 13.2 Å². The number of aryl methyl sites for hydroxylation is 1. The lowest BCUT2D eigenvalue weighted by molar-refractivity contribution is -0.154. The quantitative estimate of drug-likeness (QED) is 0.285. The Bertz CT molecular complexity index is 753. The second-order valence-corrected chi connectivity index (χ2v) is 7.05. The Kier molecular flexibility index (Phi) is 11.2. The molecule has 2 aromatic heterocycles. The molecule has 162 valence electrons. The van der Waals surface area contributed by atoms with E-state index in [9.17, 15) is 13.2 Å². The molecule has 2 aromatic rings. The molecule has 11 heteroatoms. The number of hydrogen-bond acceptors (Lipinski definition) is 5. The highest BCUT2D eigenvalue weighted by molar-refractivity contribution is 14.0. The van der Waals surface area contributed by atoms with Gasteiger partial charge in [0.1, 0.15) is 0 Å². The Morgan fingerprint density at radius 3 is 2.55 bits per heavy atom. The van der Waals surface area contributed by atoms with Gasteiger partial charge in [-0.05, 0) is 18.9 Å². The van der Waals surface area contributed by atoms with E-state index in [1.165, 1.54) is 17.1 Å². The average Bonchev–Trinajstić information content (AvgIpc) is 3.13. The molecule has 0 radical (unpaired) electrons. The Morgan fingerprint density at radius 1 is 1.17 bits per heavy atom. The monoisotopic (exact) mass is 543 g/mol. The summed E-state index contributed by atoms with van der Waals surface area (Å²) in [4.78, 5) is 14.0. The number of nitrogens with zero attached hydrogens (tertiary/aromatic N) is 3. The first-order valence-corrected chi connectivity index (χ1v) is 9.81. The summed E-state index contributed by atoms with van der Waals surface area (Å²) in [6.07, 6.45) is 0.786. The summed E-state index contributed by atoms with van der Waals surface area (Å²) < 4.78 is 41.0. The van der Waals surface area contributed by atoms with Crippen LogP contribution in [0.25, 0.3) is 0 Å². The van der Waals surface area contributed by atoms with Crippen molar-refractivity contribution in [3.05, 3.63) is 40.0 Å². The van der Waals surface area contributed by atoms with Gasteiger partial charge in [-0.3, -0.25) is 0 Å². The van der Waals surface area contributed by atoms with Gasteiger partial charge in [-0.1, -0.05) is 13.0 Å². The van der Waals surface area contributed by atoms with Crippen LogP contribution < -0.4 is 15.4 Å². The molecule has 6 nitrogen and oxygen atoms in total. The topological polar surface area (TPSA) is 71.4 Å². The van der Waals surface area contributed by atoms with Crippen LogP contribution in [-0.4, -0.2) is 41.8 Å². The first kappa shape index (κ1) is 25.4. The van der Waals surface area contributed by atoms with Crippen LogP contribution in [0.2, 0.25) is 0 Å². The zero-order valence-electron chi connectivity index (χ0n) is 16.3. The van der Waals surface area contributed by atoms with Crippen LogP contribution in [0.3, 0.4) is 0 Å². The van der Waals surface area contributed by atoms with Gasteiger partial charge in [0, 0.05) is 42.8 Å². The zero-order valence-corrected chi connectivity index (χ0v) is 19.4. The van der Waals surface area contributed by atoms with E-state index >= 15 is 0 Å². The molecule has 0 aliphatic heterocycles. The normalized spacial score (nSPS) is 11.7. The SMILES string of the molecule is CCNC(=NCc1ccc(OCC(F)(F)F)nc1)NCCc1ncc(CC)s1.I. The molecule has 0 aromatic carbocycles. The first-order chi connectivity index (χ1) is 13.4. The van der Waals surface area contributed by atoms with Crippen molar-refractivity contribution < 1.29 is 17.9 Å². The summed E-state index contributed by atoms with van der Waals surface area (Å²) >= 11 is 1.71. The molecule has 0 atom stereocenters. The van der Waals surface area contributed by atoms with Crippen molar-refractivity contribution in [2.45, 2.75) is 39.4 Å². The van der Waals surface area contributed by atoms with Gasteiger partial charge >= 0.3 is 6.18 Å². The smallest absolute Gasteiger partial charge is 0.422 e. The molecule has 2 heterocycles. The van der Waals surface area contributed by atoms with Crippen LogP contribution in [0.4, 0.5) is 13.2 Å². The maximum atomic E-state index is 12.1. The van der Waals surface area contributed by atoms with E-state index in [-0.39, 0.29) is 29.9 Å². The molecule has 2 N–H and O–H groups in total. The first-order valence-electron chi connectivity index (χ1n) is 9.00. The lowest BCUT2D eigenvalue weighted by atomic mass is 10.3. The highest BCUT2D eigenvalue weighted by atomic mass is 127. The lowest BCUT2D eigenvalue weighted by Crippen LogP contribution is -2.38. The highest BCUT2D eigenvalue weighted by Gasteiger charge is 2.28. The Labute approximate surface area is 189 Å². The van der Waals surface area contributed by atoms with Gasteiger partial charge in [-0.15, -0.1) is 35.3 Å². The number of halogens is 4. The van der Waals surface area contributed by atoms with Crippen LogP contribution in [0.15, 0.2) is 29.5 Å². The minimum atomic E-state index is -4.38. The van der Waals surface area contributed by atoms with Crippen molar-refractivity contribution >= 4 is 41.3 Å². The number of nitrogens with one attached hydrogen (secondary N) is 2. The zero-order chi connectivity index (χ0) is 20.4. The summed E-state index contributed by atoms with van der Waals surface area (Å²) in [5.74, 6) is 0.595. The predicted octanol–water partition coefficient (Wildman–Crippen LogP) is 3.96. The number of pyridine rings is 1. The van der Waals surface area contributed by atoms with Gasteiger partial charge in [0.05, 0.1) is 11.6 Å². The number of ether oxygens (including phenoxy) is 1. The van der Waals surface area contributed by atoms with Crippen molar-refractivity contribution in [3.8, 4) is 5.88 Å². The molecule has 0 aliphatic carbocycles. The molecule has 0 bridgehead atoms. The fraction of sp³-hybridized carbons (Fsp3) is 0.500. The maximum absolute atomic E-state index is 12.1. The Hall–Kier alpha value is -1.63. The van der Waals surface area contributed by atoms with Crippen molar-refractivity contribution in [2.75, 3.05) is 19.7 Å². The largest absolute Gasteiger partial charge is 0.468 e. The molecule has 0 aliphatic rings. The van der Waals surface area contributed by atoms with Crippen molar-refractivity contribution in [1.82, 2.24) is 20.6 Å². The van der Waals surface area contributed by atoms with Crippen LogP contribution in [-0.2, 0) is 19.4 Å². The Balaban J connectivity index is 0.00000420. The number of guanidine groups is 1. The minimum absolute atomic E-state index is 0. The highest BCUT2D eigenvalue weighted by Crippen LogP contribution is 2.17. The second kappa shape index (κ2) is 12.8. The van der Waals surface area contributed by atoms with Crippen molar-refractivity contribution in [2.24, 2.45) is 4.99 Å². The molecule has 0 fully saturated rings. The molecule has 0 spiro atoms. The third kappa shape index (κ3) is 10.1. The number of thiazole rings is 1. The average molecular weight is 543 g/mol. The third-order valence-electron chi connectivity index (χ3n) is 3.53. The van der Waals surface area contributed by atoms with Crippen LogP contribution in [0.5, 0.6) is 5.88 Å². The van der Waals surface area contributed by atoms with Crippen LogP contribution in [0.1, 0.15) is 29.3 Å².